The predicted octanol–water partition coefficient (Wildman–Crippen LogP) is 4.23. The Morgan fingerprint density at radius 2 is 2.08 bits per heavy atom. The Hall–Kier alpha value is -1.62. The largest absolute Gasteiger partial charge is 0.356 e. The van der Waals surface area contributed by atoms with Crippen LogP contribution in [-0.4, -0.2) is 28.3 Å². The van der Waals surface area contributed by atoms with Crippen molar-refractivity contribution in [2.45, 2.75) is 51.4 Å². The Morgan fingerprint density at radius 1 is 1.24 bits per heavy atom. The molecule has 1 amide bonds. The first-order chi connectivity index (χ1) is 13.9. The van der Waals surface area contributed by atoms with Crippen molar-refractivity contribution in [3.05, 3.63) is 35.4 Å². The van der Waals surface area contributed by atoms with Crippen LogP contribution in [0.15, 0.2) is 24.2 Å². The number of amides is 1. The summed E-state index contributed by atoms with van der Waals surface area (Å²) in [6, 6.07) is -0.925. The summed E-state index contributed by atoms with van der Waals surface area (Å²) in [6.45, 7) is 0.375. The van der Waals surface area contributed by atoms with Crippen LogP contribution in [0.4, 0.5) is 0 Å². The van der Waals surface area contributed by atoms with Crippen LogP contribution < -0.4 is 5.32 Å². The summed E-state index contributed by atoms with van der Waals surface area (Å²) in [6.07, 6.45) is 5.49. The SMILES string of the molecule is [2H]c1c([2H])c([2H])c2c(c1[2H])c(CCNC(=O)CCCCCBr)c1n2C(=O)CCC1. The number of para-hydroxylation sites is 1. The summed E-state index contributed by atoms with van der Waals surface area (Å²) in [5, 5.41) is 4.25. The van der Waals surface area contributed by atoms with Gasteiger partial charge in [-0.2, -0.15) is 0 Å². The zero-order valence-corrected chi connectivity index (χ0v) is 15.8. The highest BCUT2D eigenvalue weighted by Crippen LogP contribution is 2.30. The Kier molecular flexibility index (Phi) is 4.70. The Balaban J connectivity index is 1.88. The summed E-state index contributed by atoms with van der Waals surface area (Å²) in [5.41, 5.74) is 1.78. The molecule has 3 rings (SSSR count). The molecule has 1 aliphatic rings. The Labute approximate surface area is 162 Å². The second-order valence-corrected chi connectivity index (χ2v) is 7.12. The van der Waals surface area contributed by atoms with Crippen LogP contribution in [-0.2, 0) is 17.6 Å². The zero-order valence-electron chi connectivity index (χ0n) is 18.2. The average Bonchev–Trinajstić information content (AvgIpc) is 3.04. The van der Waals surface area contributed by atoms with E-state index in [1.807, 2.05) is 0 Å². The highest BCUT2D eigenvalue weighted by molar-refractivity contribution is 9.09. The van der Waals surface area contributed by atoms with Crippen LogP contribution in [0.5, 0.6) is 0 Å². The van der Waals surface area contributed by atoms with Gasteiger partial charge in [-0.3, -0.25) is 14.2 Å². The lowest BCUT2D eigenvalue weighted by Crippen LogP contribution is -2.26. The highest BCUT2D eigenvalue weighted by Gasteiger charge is 2.24. The zero-order chi connectivity index (χ0) is 21.1. The van der Waals surface area contributed by atoms with E-state index >= 15 is 0 Å². The van der Waals surface area contributed by atoms with E-state index in [4.69, 9.17) is 5.48 Å². The lowest BCUT2D eigenvalue weighted by Gasteiger charge is -2.16. The minimum atomic E-state index is -0.329. The van der Waals surface area contributed by atoms with E-state index < -0.39 is 0 Å². The van der Waals surface area contributed by atoms with E-state index in [-0.39, 0.29) is 41.5 Å². The van der Waals surface area contributed by atoms with Gasteiger partial charge in [-0.15, -0.1) is 0 Å². The van der Waals surface area contributed by atoms with Crippen molar-refractivity contribution in [2.24, 2.45) is 0 Å². The van der Waals surface area contributed by atoms with E-state index in [0.29, 0.717) is 44.0 Å². The second kappa shape index (κ2) is 8.65. The molecule has 0 bridgehead atoms. The molecule has 1 aromatic carbocycles. The number of hydrogen-bond acceptors (Lipinski definition) is 2. The third-order valence-corrected chi connectivity index (χ3v) is 5.16. The minimum Gasteiger partial charge on any atom is -0.356 e. The summed E-state index contributed by atoms with van der Waals surface area (Å²) < 4.78 is 34.1. The average molecular weight is 409 g/mol. The van der Waals surface area contributed by atoms with Gasteiger partial charge < -0.3 is 5.32 Å². The molecule has 0 radical (unpaired) electrons. The quantitative estimate of drug-likeness (QED) is 0.524. The number of aromatic nitrogens is 1. The number of carbonyl (C=O) groups is 2. The first-order valence-electron chi connectivity index (χ1n) is 10.9. The smallest absolute Gasteiger partial charge is 0.231 e. The number of hydrogen-bond donors (Lipinski definition) is 1. The molecule has 0 saturated heterocycles. The molecule has 0 unspecified atom stereocenters. The van der Waals surface area contributed by atoms with Crippen molar-refractivity contribution in [1.29, 1.82) is 0 Å². The van der Waals surface area contributed by atoms with Crippen molar-refractivity contribution in [3.63, 3.8) is 0 Å². The lowest BCUT2D eigenvalue weighted by atomic mass is 10.0. The standard InChI is InChI=1S/C20H25BrN2O2/c21-13-5-1-2-10-19(24)22-14-12-16-15-7-3-4-8-17(15)23-18(16)9-6-11-20(23)25/h3-4,7-8H,1-2,5-6,9-14H2,(H,22,24)/i3D,4D,7D,8D. The molecular formula is C20H25BrN2O2. The number of carbonyl (C=O) groups excluding carboxylic acids is 2. The van der Waals surface area contributed by atoms with Crippen molar-refractivity contribution < 1.29 is 15.1 Å². The molecule has 25 heavy (non-hydrogen) atoms. The molecule has 0 fully saturated rings. The summed E-state index contributed by atoms with van der Waals surface area (Å²) >= 11 is 3.37. The highest BCUT2D eigenvalue weighted by atomic mass is 79.9. The predicted molar refractivity (Wildman–Crippen MR) is 104 cm³/mol. The van der Waals surface area contributed by atoms with Gasteiger partial charge in [0.2, 0.25) is 11.8 Å². The number of nitrogens with one attached hydrogen (secondary N) is 1. The maximum Gasteiger partial charge on any atom is 0.231 e. The van der Waals surface area contributed by atoms with Crippen LogP contribution in [0.2, 0.25) is 0 Å². The molecule has 134 valence electrons. The number of fused-ring (bicyclic) bond motifs is 3. The maximum absolute atomic E-state index is 12.6. The van der Waals surface area contributed by atoms with Crippen molar-refractivity contribution in [3.8, 4) is 0 Å². The summed E-state index contributed by atoms with van der Waals surface area (Å²) in [5.74, 6) is -0.154. The van der Waals surface area contributed by atoms with Crippen molar-refractivity contribution >= 4 is 38.6 Å². The first kappa shape index (κ1) is 13.6. The molecule has 4 nitrogen and oxygen atoms in total. The normalized spacial score (nSPS) is 16.1. The maximum atomic E-state index is 12.6. The van der Waals surface area contributed by atoms with Gasteiger partial charge in [0.25, 0.3) is 0 Å². The van der Waals surface area contributed by atoms with Gasteiger partial charge in [0, 0.05) is 35.8 Å². The summed E-state index contributed by atoms with van der Waals surface area (Å²) in [7, 11) is 0. The van der Waals surface area contributed by atoms with E-state index in [0.717, 1.165) is 35.8 Å². The molecule has 5 heteroatoms. The van der Waals surface area contributed by atoms with Crippen LogP contribution in [0.3, 0.4) is 0 Å². The topological polar surface area (TPSA) is 51.1 Å². The molecular weight excluding hydrogens is 380 g/mol. The lowest BCUT2D eigenvalue weighted by molar-refractivity contribution is -0.121. The van der Waals surface area contributed by atoms with Crippen LogP contribution in [0.1, 0.15) is 60.1 Å². The van der Waals surface area contributed by atoms with Gasteiger partial charge in [-0.25, -0.2) is 0 Å². The van der Waals surface area contributed by atoms with E-state index in [9.17, 15) is 9.59 Å². The molecule has 1 aromatic heterocycles. The van der Waals surface area contributed by atoms with Crippen LogP contribution in [0, 0.1) is 0 Å². The number of alkyl halides is 1. The van der Waals surface area contributed by atoms with Crippen LogP contribution in [0.25, 0.3) is 10.9 Å². The molecule has 0 aliphatic carbocycles. The van der Waals surface area contributed by atoms with Crippen LogP contribution >= 0.6 is 15.9 Å². The fourth-order valence-corrected chi connectivity index (χ4v) is 3.80. The fourth-order valence-electron chi connectivity index (χ4n) is 3.40. The molecule has 2 aromatic rings. The van der Waals surface area contributed by atoms with E-state index in [2.05, 4.69) is 21.2 Å². The third kappa shape index (κ3) is 4.14. The molecule has 2 heterocycles. The van der Waals surface area contributed by atoms with Crippen molar-refractivity contribution in [2.75, 3.05) is 11.9 Å². The van der Waals surface area contributed by atoms with Gasteiger partial charge in [0.15, 0.2) is 0 Å². The first-order valence-corrected chi connectivity index (χ1v) is 9.99. The summed E-state index contributed by atoms with van der Waals surface area (Å²) in [4.78, 5) is 24.6. The minimum absolute atomic E-state index is 0.0186. The van der Waals surface area contributed by atoms with E-state index in [1.54, 1.807) is 0 Å². The molecule has 1 N–H and O–H groups in total. The van der Waals surface area contributed by atoms with Gasteiger partial charge in [-0.1, -0.05) is 40.5 Å². The van der Waals surface area contributed by atoms with Crippen molar-refractivity contribution in [1.82, 2.24) is 9.88 Å². The molecule has 0 atom stereocenters. The third-order valence-electron chi connectivity index (χ3n) is 4.60. The molecule has 0 saturated carbocycles. The van der Waals surface area contributed by atoms with Gasteiger partial charge in [0.1, 0.15) is 0 Å². The van der Waals surface area contributed by atoms with Gasteiger partial charge >= 0.3 is 0 Å². The second-order valence-electron chi connectivity index (χ2n) is 6.33. The number of rotatable bonds is 8. The fraction of sp³-hybridized carbons (Fsp3) is 0.500. The number of nitrogens with zero attached hydrogens (tertiary/aromatic N) is 1. The number of halogens is 1. The monoisotopic (exact) mass is 408 g/mol. The number of benzene rings is 1. The van der Waals surface area contributed by atoms with Gasteiger partial charge in [0.05, 0.1) is 11.0 Å². The van der Waals surface area contributed by atoms with Gasteiger partial charge in [-0.05, 0) is 43.7 Å². The molecule has 0 spiro atoms. The Morgan fingerprint density at radius 3 is 2.92 bits per heavy atom. The molecule has 1 aliphatic heterocycles. The van der Waals surface area contributed by atoms with E-state index in [1.165, 1.54) is 4.57 Å². The number of unbranched alkanes of at least 4 members (excludes halogenated alkanes) is 2. The Bertz CT molecular complexity index is 958.